The average Bonchev–Trinajstić information content (AvgIpc) is 2.64. The van der Waals surface area contributed by atoms with Gasteiger partial charge in [-0.1, -0.05) is 30.7 Å². The summed E-state index contributed by atoms with van der Waals surface area (Å²) >= 11 is 0. The molecule has 0 radical (unpaired) electrons. The highest BCUT2D eigenvalue weighted by Gasteiger charge is 2.12. The Bertz CT molecular complexity index is 813. The van der Waals surface area contributed by atoms with Gasteiger partial charge in [0.15, 0.2) is 0 Å². The molecule has 1 N–H and O–H groups in total. The number of hydrazone groups is 1. The van der Waals surface area contributed by atoms with E-state index < -0.39 is 0 Å². The van der Waals surface area contributed by atoms with Crippen LogP contribution in [0.4, 0.5) is 0 Å². The number of ether oxygens (including phenoxy) is 2. The molecule has 5 heteroatoms. The topological polar surface area (TPSA) is 59.9 Å². The van der Waals surface area contributed by atoms with Gasteiger partial charge < -0.3 is 9.47 Å². The lowest BCUT2D eigenvalue weighted by Gasteiger charge is -2.12. The van der Waals surface area contributed by atoms with Crippen LogP contribution in [0.3, 0.4) is 0 Å². The first-order valence-electron chi connectivity index (χ1n) is 8.62. The first-order valence-corrected chi connectivity index (χ1v) is 8.62. The first kappa shape index (κ1) is 19.5. The number of nitrogens with one attached hydrogen (secondary N) is 1. The van der Waals surface area contributed by atoms with Crippen LogP contribution in [-0.4, -0.2) is 25.8 Å². The monoisotopic (exact) mass is 354 g/mol. The molecule has 0 heterocycles. The molecule has 0 spiro atoms. The van der Waals surface area contributed by atoms with Crippen molar-refractivity contribution < 1.29 is 14.3 Å². The summed E-state index contributed by atoms with van der Waals surface area (Å²) in [5.74, 6) is 1.23. The van der Waals surface area contributed by atoms with Crippen molar-refractivity contribution in [1.82, 2.24) is 5.43 Å². The van der Waals surface area contributed by atoms with Crippen molar-refractivity contribution in [2.24, 2.45) is 5.10 Å². The molecule has 0 unspecified atom stereocenters. The summed E-state index contributed by atoms with van der Waals surface area (Å²) in [4.78, 5) is 12.3. The highest BCUT2D eigenvalue weighted by atomic mass is 16.5. The number of carbonyl (C=O) groups is 1. The van der Waals surface area contributed by atoms with Gasteiger partial charge >= 0.3 is 0 Å². The number of methoxy groups -OCH3 is 2. The Balaban J connectivity index is 2.15. The van der Waals surface area contributed by atoms with Crippen LogP contribution < -0.4 is 14.9 Å². The van der Waals surface area contributed by atoms with E-state index in [2.05, 4.69) is 16.6 Å². The lowest BCUT2D eigenvalue weighted by molar-refractivity contribution is -0.120. The maximum Gasteiger partial charge on any atom is 0.244 e. The molecule has 0 fully saturated rings. The Labute approximate surface area is 155 Å². The third kappa shape index (κ3) is 4.85. The fourth-order valence-corrected chi connectivity index (χ4v) is 2.75. The van der Waals surface area contributed by atoms with Crippen molar-refractivity contribution in [3.05, 3.63) is 58.7 Å². The molecule has 2 aromatic carbocycles. The zero-order chi connectivity index (χ0) is 19.1. The Morgan fingerprint density at radius 1 is 1.08 bits per heavy atom. The number of carbonyl (C=O) groups excluding carboxylic acids is 1. The van der Waals surface area contributed by atoms with Crippen LogP contribution >= 0.6 is 0 Å². The summed E-state index contributed by atoms with van der Waals surface area (Å²) in [6.45, 7) is 6.04. The van der Waals surface area contributed by atoms with Crippen molar-refractivity contribution >= 4 is 11.6 Å². The molecule has 0 saturated carbocycles. The highest BCUT2D eigenvalue weighted by Crippen LogP contribution is 2.25. The van der Waals surface area contributed by atoms with Gasteiger partial charge in [0.1, 0.15) is 11.5 Å². The number of amides is 1. The molecule has 2 rings (SSSR count). The lowest BCUT2D eigenvalue weighted by Crippen LogP contribution is -2.22. The van der Waals surface area contributed by atoms with E-state index in [1.807, 2.05) is 45.0 Å². The van der Waals surface area contributed by atoms with E-state index in [-0.39, 0.29) is 5.91 Å². The minimum Gasteiger partial charge on any atom is -0.497 e. The molecule has 0 aliphatic rings. The fraction of sp³-hybridized carbons (Fsp3) is 0.333. The van der Waals surface area contributed by atoms with Gasteiger partial charge in [0.25, 0.3) is 0 Å². The van der Waals surface area contributed by atoms with E-state index in [4.69, 9.17) is 9.47 Å². The van der Waals surface area contributed by atoms with Crippen molar-refractivity contribution in [3.8, 4) is 11.5 Å². The van der Waals surface area contributed by atoms with Crippen LogP contribution in [-0.2, 0) is 11.2 Å². The van der Waals surface area contributed by atoms with Crippen molar-refractivity contribution in [1.29, 1.82) is 0 Å². The van der Waals surface area contributed by atoms with Crippen LogP contribution in [0.15, 0.2) is 41.5 Å². The second-order valence-electron chi connectivity index (χ2n) is 6.12. The van der Waals surface area contributed by atoms with E-state index in [1.165, 1.54) is 5.56 Å². The molecule has 5 nitrogen and oxygen atoms in total. The van der Waals surface area contributed by atoms with Gasteiger partial charge in [-0.25, -0.2) is 5.43 Å². The molecule has 0 aromatic heterocycles. The second-order valence-corrected chi connectivity index (χ2v) is 6.12. The number of benzene rings is 2. The highest BCUT2D eigenvalue weighted by molar-refractivity contribution is 6.03. The van der Waals surface area contributed by atoms with Gasteiger partial charge in [-0.15, -0.1) is 0 Å². The number of hydrogen-bond acceptors (Lipinski definition) is 4. The van der Waals surface area contributed by atoms with Gasteiger partial charge in [0.05, 0.1) is 26.4 Å². The summed E-state index contributed by atoms with van der Waals surface area (Å²) in [6.07, 6.45) is 0.957. The summed E-state index contributed by atoms with van der Waals surface area (Å²) in [5.41, 5.74) is 7.54. The maximum absolute atomic E-state index is 12.3. The molecular formula is C21H26N2O3. The second kappa shape index (κ2) is 9.04. The van der Waals surface area contributed by atoms with Gasteiger partial charge in [-0.05, 0) is 43.5 Å². The smallest absolute Gasteiger partial charge is 0.244 e. The van der Waals surface area contributed by atoms with Crippen molar-refractivity contribution in [3.63, 3.8) is 0 Å². The zero-order valence-electron chi connectivity index (χ0n) is 16.1. The molecule has 0 aliphatic heterocycles. The van der Waals surface area contributed by atoms with E-state index in [0.29, 0.717) is 24.3 Å². The Hall–Kier alpha value is -2.82. The summed E-state index contributed by atoms with van der Waals surface area (Å²) in [6, 6.07) is 11.6. The van der Waals surface area contributed by atoms with Crippen LogP contribution in [0.2, 0.25) is 0 Å². The SMILES string of the molecule is CC/C(=N\NC(=O)Cc1ccc(C)cc1C)c1ccc(OC)cc1OC. The van der Waals surface area contributed by atoms with Crippen LogP contribution in [0.25, 0.3) is 0 Å². The first-order chi connectivity index (χ1) is 12.5. The predicted molar refractivity (Wildman–Crippen MR) is 104 cm³/mol. The molecule has 0 aliphatic carbocycles. The lowest BCUT2D eigenvalue weighted by atomic mass is 10.0. The maximum atomic E-state index is 12.3. The van der Waals surface area contributed by atoms with E-state index in [1.54, 1.807) is 20.3 Å². The third-order valence-corrected chi connectivity index (χ3v) is 4.22. The molecule has 2 aromatic rings. The summed E-state index contributed by atoms with van der Waals surface area (Å²) in [7, 11) is 3.21. The third-order valence-electron chi connectivity index (χ3n) is 4.22. The molecule has 26 heavy (non-hydrogen) atoms. The molecular weight excluding hydrogens is 328 g/mol. The minimum atomic E-state index is -0.143. The predicted octanol–water partition coefficient (Wildman–Crippen LogP) is 3.79. The summed E-state index contributed by atoms with van der Waals surface area (Å²) < 4.78 is 10.6. The molecule has 0 atom stereocenters. The normalized spacial score (nSPS) is 11.2. The number of hydrogen-bond donors (Lipinski definition) is 1. The van der Waals surface area contributed by atoms with Gasteiger partial charge in [0.2, 0.25) is 5.91 Å². The number of nitrogens with zero attached hydrogens (tertiary/aromatic N) is 1. The summed E-state index contributed by atoms with van der Waals surface area (Å²) in [5, 5.41) is 4.32. The average molecular weight is 354 g/mol. The Morgan fingerprint density at radius 2 is 1.85 bits per heavy atom. The molecule has 138 valence electrons. The van der Waals surface area contributed by atoms with Gasteiger partial charge in [-0.3, -0.25) is 4.79 Å². The van der Waals surface area contributed by atoms with Crippen LogP contribution in [0.1, 0.15) is 35.6 Å². The van der Waals surface area contributed by atoms with Gasteiger partial charge in [-0.2, -0.15) is 5.10 Å². The van der Waals surface area contributed by atoms with E-state index in [9.17, 15) is 4.79 Å². The van der Waals surface area contributed by atoms with E-state index in [0.717, 1.165) is 22.4 Å². The van der Waals surface area contributed by atoms with Crippen molar-refractivity contribution in [2.45, 2.75) is 33.6 Å². The standard InChI is InChI=1S/C21H26N2O3/c1-6-19(18-10-9-17(25-4)13-20(18)26-5)22-23-21(24)12-16-8-7-14(2)11-15(16)3/h7-11,13H,6,12H2,1-5H3,(H,23,24)/b22-19+. The van der Waals surface area contributed by atoms with Crippen molar-refractivity contribution in [2.75, 3.05) is 14.2 Å². The largest absolute Gasteiger partial charge is 0.497 e. The fourth-order valence-electron chi connectivity index (χ4n) is 2.75. The molecule has 1 amide bonds. The number of aryl methyl sites for hydroxylation is 2. The quantitative estimate of drug-likeness (QED) is 0.608. The van der Waals surface area contributed by atoms with Crippen LogP contribution in [0.5, 0.6) is 11.5 Å². The molecule has 0 saturated heterocycles. The Morgan fingerprint density at radius 3 is 2.46 bits per heavy atom. The van der Waals surface area contributed by atoms with E-state index >= 15 is 0 Å². The number of rotatable bonds is 7. The minimum absolute atomic E-state index is 0.143. The Kier molecular flexibility index (Phi) is 6.78. The zero-order valence-corrected chi connectivity index (χ0v) is 16.1. The van der Waals surface area contributed by atoms with Gasteiger partial charge in [0, 0.05) is 11.6 Å². The molecule has 0 bridgehead atoms. The van der Waals surface area contributed by atoms with Crippen LogP contribution in [0, 0.1) is 13.8 Å².